The molecule has 0 heterocycles. The SMILES string of the molecule is CC1=C(Nc2cc(C(=O)Nc3cccc(C(=O)NCCNC(=O)OC(C)(C)C)c3C)ccc2Cl)CCCC1=O. The lowest BCUT2D eigenvalue weighted by Crippen LogP contribution is -2.38. The van der Waals surface area contributed by atoms with Crippen molar-refractivity contribution in [2.75, 3.05) is 23.7 Å². The van der Waals surface area contributed by atoms with Crippen LogP contribution < -0.4 is 21.3 Å². The van der Waals surface area contributed by atoms with Crippen LogP contribution in [0.5, 0.6) is 0 Å². The first-order valence-corrected chi connectivity index (χ1v) is 13.2. The van der Waals surface area contributed by atoms with Crippen LogP contribution in [0.4, 0.5) is 16.2 Å². The molecular weight excluding hydrogens is 520 g/mol. The first-order chi connectivity index (χ1) is 18.4. The summed E-state index contributed by atoms with van der Waals surface area (Å²) in [5.41, 5.74) is 3.26. The number of ketones is 1. The Morgan fingerprint density at radius 3 is 2.38 bits per heavy atom. The maximum atomic E-state index is 13.1. The summed E-state index contributed by atoms with van der Waals surface area (Å²) < 4.78 is 5.17. The number of anilines is 2. The quantitative estimate of drug-likeness (QED) is 0.315. The number of allylic oxidation sites excluding steroid dienone is 2. The van der Waals surface area contributed by atoms with Crippen LogP contribution in [-0.2, 0) is 9.53 Å². The first kappa shape index (κ1) is 29.7. The molecule has 3 rings (SSSR count). The molecule has 0 unspecified atom stereocenters. The molecule has 2 aromatic rings. The molecule has 0 aromatic heterocycles. The highest BCUT2D eigenvalue weighted by Gasteiger charge is 2.19. The van der Waals surface area contributed by atoms with Crippen molar-refractivity contribution in [1.82, 2.24) is 10.6 Å². The lowest BCUT2D eigenvalue weighted by molar-refractivity contribution is -0.116. The molecule has 0 atom stereocenters. The molecule has 2 aromatic carbocycles. The summed E-state index contributed by atoms with van der Waals surface area (Å²) >= 11 is 6.37. The van der Waals surface area contributed by atoms with E-state index < -0.39 is 11.7 Å². The van der Waals surface area contributed by atoms with E-state index in [0.29, 0.717) is 45.1 Å². The fraction of sp³-hybridized carbons (Fsp3) is 0.379. The summed E-state index contributed by atoms with van der Waals surface area (Å²) in [4.78, 5) is 49.7. The molecule has 0 fully saturated rings. The van der Waals surface area contributed by atoms with Gasteiger partial charge in [0.2, 0.25) is 0 Å². The highest BCUT2D eigenvalue weighted by molar-refractivity contribution is 6.33. The van der Waals surface area contributed by atoms with Gasteiger partial charge in [0, 0.05) is 47.6 Å². The molecular formula is C29H35ClN4O5. The van der Waals surface area contributed by atoms with E-state index in [1.54, 1.807) is 71.0 Å². The summed E-state index contributed by atoms with van der Waals surface area (Å²) in [5.74, 6) is -0.604. The Balaban J connectivity index is 1.64. The summed E-state index contributed by atoms with van der Waals surface area (Å²) in [6.07, 6.45) is 1.47. The average molecular weight is 555 g/mol. The van der Waals surface area contributed by atoms with Gasteiger partial charge in [0.05, 0.1) is 10.7 Å². The second-order valence-corrected chi connectivity index (χ2v) is 10.7. The van der Waals surface area contributed by atoms with Gasteiger partial charge in [-0.3, -0.25) is 14.4 Å². The van der Waals surface area contributed by atoms with E-state index in [0.717, 1.165) is 18.5 Å². The second-order valence-electron chi connectivity index (χ2n) is 10.3. The lowest BCUT2D eigenvalue weighted by atomic mass is 9.96. The van der Waals surface area contributed by atoms with Crippen LogP contribution in [0.15, 0.2) is 47.7 Å². The zero-order chi connectivity index (χ0) is 28.7. The molecule has 0 bridgehead atoms. The molecule has 10 heteroatoms. The van der Waals surface area contributed by atoms with Crippen molar-refractivity contribution in [2.24, 2.45) is 0 Å². The molecule has 0 saturated heterocycles. The molecule has 39 heavy (non-hydrogen) atoms. The van der Waals surface area contributed by atoms with Crippen LogP contribution in [0, 0.1) is 6.92 Å². The van der Waals surface area contributed by atoms with E-state index in [4.69, 9.17) is 16.3 Å². The molecule has 4 N–H and O–H groups in total. The van der Waals surface area contributed by atoms with Crippen LogP contribution in [0.2, 0.25) is 5.02 Å². The molecule has 1 aliphatic rings. The maximum absolute atomic E-state index is 13.1. The van der Waals surface area contributed by atoms with Crippen molar-refractivity contribution in [2.45, 2.75) is 59.5 Å². The fourth-order valence-corrected chi connectivity index (χ4v) is 4.18. The molecule has 3 amide bonds. The van der Waals surface area contributed by atoms with Gasteiger partial charge in [0.25, 0.3) is 11.8 Å². The second kappa shape index (κ2) is 12.8. The van der Waals surface area contributed by atoms with Gasteiger partial charge in [-0.2, -0.15) is 0 Å². The Morgan fingerprint density at radius 1 is 0.949 bits per heavy atom. The zero-order valence-corrected chi connectivity index (χ0v) is 23.7. The van der Waals surface area contributed by atoms with Crippen molar-refractivity contribution in [3.8, 4) is 0 Å². The molecule has 0 aliphatic heterocycles. The Labute approximate surface area is 233 Å². The Bertz CT molecular complexity index is 1310. The fourth-order valence-electron chi connectivity index (χ4n) is 4.01. The number of benzene rings is 2. The highest BCUT2D eigenvalue weighted by atomic mass is 35.5. The minimum atomic E-state index is -0.605. The van der Waals surface area contributed by atoms with E-state index in [2.05, 4.69) is 21.3 Å². The number of Topliss-reactive ketones (excluding diaryl/α,β-unsaturated/α-hetero) is 1. The number of nitrogens with one attached hydrogen (secondary N) is 4. The van der Waals surface area contributed by atoms with Gasteiger partial charge in [-0.1, -0.05) is 17.7 Å². The monoisotopic (exact) mass is 554 g/mol. The van der Waals surface area contributed by atoms with Gasteiger partial charge in [0.1, 0.15) is 5.60 Å². The van der Waals surface area contributed by atoms with Gasteiger partial charge in [-0.15, -0.1) is 0 Å². The minimum Gasteiger partial charge on any atom is -0.444 e. The summed E-state index contributed by atoms with van der Waals surface area (Å²) in [5, 5.41) is 11.9. The molecule has 1 aliphatic carbocycles. The van der Waals surface area contributed by atoms with Gasteiger partial charge in [-0.25, -0.2) is 4.79 Å². The van der Waals surface area contributed by atoms with Crippen molar-refractivity contribution in [3.05, 3.63) is 69.4 Å². The normalized spacial score (nSPS) is 13.5. The smallest absolute Gasteiger partial charge is 0.407 e. The molecule has 0 spiro atoms. The number of amides is 3. The molecule has 208 valence electrons. The van der Waals surface area contributed by atoms with E-state index in [9.17, 15) is 19.2 Å². The Kier molecular flexibility index (Phi) is 9.75. The van der Waals surface area contributed by atoms with Crippen molar-refractivity contribution >= 4 is 46.7 Å². The minimum absolute atomic E-state index is 0.104. The largest absolute Gasteiger partial charge is 0.444 e. The average Bonchev–Trinajstić information content (AvgIpc) is 2.86. The highest BCUT2D eigenvalue weighted by Crippen LogP contribution is 2.29. The third-order valence-electron chi connectivity index (χ3n) is 6.12. The number of alkyl carbamates (subject to hydrolysis) is 1. The van der Waals surface area contributed by atoms with Crippen LogP contribution in [0.3, 0.4) is 0 Å². The van der Waals surface area contributed by atoms with Gasteiger partial charge >= 0.3 is 6.09 Å². The van der Waals surface area contributed by atoms with Gasteiger partial charge < -0.3 is 26.0 Å². The third-order valence-corrected chi connectivity index (χ3v) is 6.45. The van der Waals surface area contributed by atoms with Crippen LogP contribution >= 0.6 is 11.6 Å². The number of carbonyl (C=O) groups is 4. The number of halogens is 1. The van der Waals surface area contributed by atoms with E-state index in [1.807, 2.05) is 0 Å². The van der Waals surface area contributed by atoms with Crippen molar-refractivity contribution in [3.63, 3.8) is 0 Å². The number of rotatable bonds is 8. The maximum Gasteiger partial charge on any atom is 0.407 e. The van der Waals surface area contributed by atoms with Gasteiger partial charge in [0.15, 0.2) is 5.78 Å². The van der Waals surface area contributed by atoms with E-state index in [-0.39, 0.29) is 30.7 Å². The summed E-state index contributed by atoms with van der Waals surface area (Å²) in [6.45, 7) is 9.25. The Morgan fingerprint density at radius 2 is 1.67 bits per heavy atom. The lowest BCUT2D eigenvalue weighted by Gasteiger charge is -2.20. The first-order valence-electron chi connectivity index (χ1n) is 12.8. The third kappa shape index (κ3) is 8.32. The van der Waals surface area contributed by atoms with Crippen molar-refractivity contribution < 1.29 is 23.9 Å². The number of hydrogen-bond acceptors (Lipinski definition) is 6. The molecule has 0 saturated carbocycles. The number of ether oxygens (including phenoxy) is 1. The topological polar surface area (TPSA) is 126 Å². The molecule has 9 nitrogen and oxygen atoms in total. The predicted molar refractivity (Wildman–Crippen MR) is 152 cm³/mol. The summed E-state index contributed by atoms with van der Waals surface area (Å²) in [6, 6.07) is 9.93. The number of carbonyl (C=O) groups excluding carboxylic acids is 4. The van der Waals surface area contributed by atoms with E-state index >= 15 is 0 Å². The molecule has 0 radical (unpaired) electrons. The van der Waals surface area contributed by atoms with Crippen molar-refractivity contribution in [1.29, 1.82) is 0 Å². The standard InChI is InChI=1S/C29H35ClN4O5/c1-17-20(27(37)31-14-15-32-28(38)39-29(3,4)5)8-6-9-22(17)34-26(36)19-12-13-21(30)24(16-19)33-23-10-7-11-25(35)18(23)2/h6,8-9,12-13,16,33H,7,10-11,14-15H2,1-5H3,(H,31,37)(H,32,38)(H,34,36). The predicted octanol–water partition coefficient (Wildman–Crippen LogP) is 5.59. The van der Waals surface area contributed by atoms with Gasteiger partial charge in [-0.05, 0) is 83.4 Å². The van der Waals surface area contributed by atoms with Crippen LogP contribution in [0.1, 0.15) is 73.2 Å². The zero-order valence-electron chi connectivity index (χ0n) is 22.9. The summed E-state index contributed by atoms with van der Waals surface area (Å²) in [7, 11) is 0. The van der Waals surface area contributed by atoms with Crippen LogP contribution in [-0.4, -0.2) is 42.4 Å². The number of hydrogen-bond donors (Lipinski definition) is 4. The van der Waals surface area contributed by atoms with E-state index in [1.165, 1.54) is 0 Å². The van der Waals surface area contributed by atoms with Crippen LogP contribution in [0.25, 0.3) is 0 Å². The Hall–Kier alpha value is -3.85.